The monoisotopic (exact) mass is 126 g/mol. The van der Waals surface area contributed by atoms with E-state index in [1.807, 2.05) is 6.92 Å². The molecule has 1 heteroatoms. The van der Waals surface area contributed by atoms with Gasteiger partial charge in [0.15, 0.2) is 0 Å². The molecule has 0 radical (unpaired) electrons. The van der Waals surface area contributed by atoms with Crippen molar-refractivity contribution in [3.8, 4) is 0 Å². The van der Waals surface area contributed by atoms with Gasteiger partial charge < -0.3 is 5.11 Å². The van der Waals surface area contributed by atoms with Gasteiger partial charge in [-0.1, -0.05) is 25.5 Å². The highest BCUT2D eigenvalue weighted by Gasteiger charge is 1.86. The Morgan fingerprint density at radius 1 is 1.67 bits per heavy atom. The van der Waals surface area contributed by atoms with Crippen LogP contribution in [0.25, 0.3) is 0 Å². The summed E-state index contributed by atoms with van der Waals surface area (Å²) in [5.41, 5.74) is 1.19. The van der Waals surface area contributed by atoms with Crippen LogP contribution in [0.2, 0.25) is 0 Å². The Hall–Kier alpha value is -0.720. The molecule has 0 aliphatic rings. The first-order valence-electron chi connectivity index (χ1n) is 3.22. The van der Waals surface area contributed by atoms with Crippen molar-refractivity contribution in [2.45, 2.75) is 26.7 Å². The standard InChI is InChI=1S/C8H14O/c1-4-5-7(2)6-8(3)9/h6,9H,3-5H2,1-2H3/b7-6-. The van der Waals surface area contributed by atoms with Crippen molar-refractivity contribution in [1.29, 1.82) is 0 Å². The maximum absolute atomic E-state index is 8.68. The van der Waals surface area contributed by atoms with Crippen LogP contribution in [-0.4, -0.2) is 5.11 Å². The lowest BCUT2D eigenvalue weighted by Crippen LogP contribution is -1.76. The van der Waals surface area contributed by atoms with Crippen LogP contribution in [0.5, 0.6) is 0 Å². The molecule has 0 fully saturated rings. The zero-order valence-corrected chi connectivity index (χ0v) is 6.15. The van der Waals surface area contributed by atoms with E-state index >= 15 is 0 Å². The van der Waals surface area contributed by atoms with E-state index < -0.39 is 0 Å². The Balaban J connectivity index is 3.69. The summed E-state index contributed by atoms with van der Waals surface area (Å²) in [5.74, 6) is 0.154. The summed E-state index contributed by atoms with van der Waals surface area (Å²) in [4.78, 5) is 0. The lowest BCUT2D eigenvalue weighted by atomic mass is 10.1. The molecule has 0 rings (SSSR count). The van der Waals surface area contributed by atoms with Gasteiger partial charge in [-0.15, -0.1) is 0 Å². The molecule has 0 saturated heterocycles. The quantitative estimate of drug-likeness (QED) is 0.455. The van der Waals surface area contributed by atoms with Gasteiger partial charge in [0.1, 0.15) is 5.76 Å². The van der Waals surface area contributed by atoms with Crippen molar-refractivity contribution in [1.82, 2.24) is 0 Å². The number of allylic oxidation sites excluding steroid dienone is 2. The van der Waals surface area contributed by atoms with Gasteiger partial charge in [0.05, 0.1) is 0 Å². The van der Waals surface area contributed by atoms with Crippen LogP contribution >= 0.6 is 0 Å². The van der Waals surface area contributed by atoms with Gasteiger partial charge in [0, 0.05) is 0 Å². The minimum absolute atomic E-state index is 0.154. The lowest BCUT2D eigenvalue weighted by Gasteiger charge is -1.94. The Morgan fingerprint density at radius 2 is 2.22 bits per heavy atom. The molecule has 0 aromatic heterocycles. The summed E-state index contributed by atoms with van der Waals surface area (Å²) in [6, 6.07) is 0. The number of rotatable bonds is 3. The number of hydrogen-bond donors (Lipinski definition) is 1. The second-order valence-electron chi connectivity index (χ2n) is 2.23. The van der Waals surface area contributed by atoms with E-state index in [1.54, 1.807) is 6.08 Å². The Morgan fingerprint density at radius 3 is 2.56 bits per heavy atom. The van der Waals surface area contributed by atoms with Gasteiger partial charge >= 0.3 is 0 Å². The molecule has 0 bridgehead atoms. The molecule has 9 heavy (non-hydrogen) atoms. The Bertz CT molecular complexity index is 123. The van der Waals surface area contributed by atoms with Crippen molar-refractivity contribution in [2.75, 3.05) is 0 Å². The molecule has 0 atom stereocenters. The highest BCUT2D eigenvalue weighted by molar-refractivity contribution is 5.12. The summed E-state index contributed by atoms with van der Waals surface area (Å²) in [6.07, 6.45) is 3.86. The van der Waals surface area contributed by atoms with Gasteiger partial charge in [-0.3, -0.25) is 0 Å². The molecule has 52 valence electrons. The van der Waals surface area contributed by atoms with E-state index in [1.165, 1.54) is 5.57 Å². The predicted molar refractivity (Wildman–Crippen MR) is 40.4 cm³/mol. The summed E-state index contributed by atoms with van der Waals surface area (Å²) in [5, 5.41) is 8.68. The van der Waals surface area contributed by atoms with E-state index in [9.17, 15) is 0 Å². The molecule has 0 saturated carbocycles. The zero-order valence-electron chi connectivity index (χ0n) is 6.15. The first-order chi connectivity index (χ1) is 4.16. The van der Waals surface area contributed by atoms with Crippen LogP contribution in [0.15, 0.2) is 24.0 Å². The Labute approximate surface area is 56.7 Å². The van der Waals surface area contributed by atoms with Crippen LogP contribution < -0.4 is 0 Å². The Kier molecular flexibility index (Phi) is 3.85. The van der Waals surface area contributed by atoms with Crippen molar-refractivity contribution in [3.05, 3.63) is 24.0 Å². The van der Waals surface area contributed by atoms with Crippen LogP contribution in [-0.2, 0) is 0 Å². The number of aliphatic hydroxyl groups is 1. The highest BCUT2D eigenvalue weighted by Crippen LogP contribution is 2.04. The summed E-state index contributed by atoms with van der Waals surface area (Å²) in [6.45, 7) is 7.46. The maximum Gasteiger partial charge on any atom is 0.108 e. The molecule has 0 aliphatic carbocycles. The molecule has 0 aromatic carbocycles. The van der Waals surface area contributed by atoms with Gasteiger partial charge in [-0.25, -0.2) is 0 Å². The average Bonchev–Trinajstić information content (AvgIpc) is 1.63. The summed E-state index contributed by atoms with van der Waals surface area (Å²) in [7, 11) is 0. The minimum atomic E-state index is 0.154. The van der Waals surface area contributed by atoms with Crippen molar-refractivity contribution in [3.63, 3.8) is 0 Å². The molecule has 1 nitrogen and oxygen atoms in total. The normalized spacial score (nSPS) is 11.6. The fourth-order valence-corrected chi connectivity index (χ4v) is 0.751. The van der Waals surface area contributed by atoms with Crippen LogP contribution in [0.4, 0.5) is 0 Å². The van der Waals surface area contributed by atoms with E-state index in [0.717, 1.165) is 12.8 Å². The third kappa shape index (κ3) is 5.15. The van der Waals surface area contributed by atoms with Crippen molar-refractivity contribution < 1.29 is 5.11 Å². The number of hydrogen-bond acceptors (Lipinski definition) is 1. The SMILES string of the molecule is C=C(O)/C=C(/C)CCC. The third-order valence-electron chi connectivity index (χ3n) is 1.06. The van der Waals surface area contributed by atoms with Gasteiger partial charge in [0.2, 0.25) is 0 Å². The lowest BCUT2D eigenvalue weighted by molar-refractivity contribution is 0.434. The van der Waals surface area contributed by atoms with Crippen LogP contribution in [0, 0.1) is 0 Å². The second kappa shape index (κ2) is 4.19. The minimum Gasteiger partial charge on any atom is -0.509 e. The summed E-state index contributed by atoms with van der Waals surface area (Å²) >= 11 is 0. The van der Waals surface area contributed by atoms with Gasteiger partial charge in [-0.05, 0) is 19.4 Å². The van der Waals surface area contributed by atoms with Crippen LogP contribution in [0.1, 0.15) is 26.7 Å². The summed E-state index contributed by atoms with van der Waals surface area (Å²) < 4.78 is 0. The highest BCUT2D eigenvalue weighted by atomic mass is 16.3. The van der Waals surface area contributed by atoms with Crippen LogP contribution in [0.3, 0.4) is 0 Å². The molecule has 0 heterocycles. The molecular formula is C8H14O. The first kappa shape index (κ1) is 8.28. The van der Waals surface area contributed by atoms with Gasteiger partial charge in [0.25, 0.3) is 0 Å². The molecule has 0 spiro atoms. The molecule has 0 aliphatic heterocycles. The smallest absolute Gasteiger partial charge is 0.108 e. The van der Waals surface area contributed by atoms with E-state index in [2.05, 4.69) is 13.5 Å². The molecule has 0 unspecified atom stereocenters. The van der Waals surface area contributed by atoms with E-state index in [-0.39, 0.29) is 5.76 Å². The first-order valence-corrected chi connectivity index (χ1v) is 3.22. The zero-order chi connectivity index (χ0) is 7.28. The molecule has 1 N–H and O–H groups in total. The topological polar surface area (TPSA) is 20.2 Å². The molecule has 0 aromatic rings. The average molecular weight is 126 g/mol. The third-order valence-corrected chi connectivity index (χ3v) is 1.06. The van der Waals surface area contributed by atoms with E-state index in [0.29, 0.717) is 0 Å². The van der Waals surface area contributed by atoms with Crippen molar-refractivity contribution in [2.24, 2.45) is 0 Å². The fourth-order valence-electron chi connectivity index (χ4n) is 0.751. The molecular weight excluding hydrogens is 112 g/mol. The fraction of sp³-hybridized carbons (Fsp3) is 0.500. The number of aliphatic hydroxyl groups excluding tert-OH is 1. The largest absolute Gasteiger partial charge is 0.509 e. The van der Waals surface area contributed by atoms with Gasteiger partial charge in [-0.2, -0.15) is 0 Å². The second-order valence-corrected chi connectivity index (χ2v) is 2.23. The molecule has 0 amide bonds. The predicted octanol–water partition coefficient (Wildman–Crippen LogP) is 2.80. The van der Waals surface area contributed by atoms with Crippen molar-refractivity contribution >= 4 is 0 Å². The van der Waals surface area contributed by atoms with E-state index in [4.69, 9.17) is 5.11 Å². The maximum atomic E-state index is 8.68.